The molecular formula is C22H22ClF4N5O4. The number of aliphatic carboxylic acids is 1. The number of nitriles is 1. The van der Waals surface area contributed by atoms with Gasteiger partial charge < -0.3 is 24.8 Å². The monoisotopic (exact) mass is 531 g/mol. The Labute approximate surface area is 208 Å². The van der Waals surface area contributed by atoms with Gasteiger partial charge in [0.15, 0.2) is 17.8 Å². The van der Waals surface area contributed by atoms with E-state index in [2.05, 4.69) is 15.5 Å². The van der Waals surface area contributed by atoms with Crippen LogP contribution in [-0.4, -0.2) is 66.6 Å². The number of ether oxygens (including phenoxy) is 2. The zero-order valence-electron chi connectivity index (χ0n) is 18.8. The van der Waals surface area contributed by atoms with Crippen molar-refractivity contribution in [1.82, 2.24) is 15.5 Å². The molecule has 0 unspecified atom stereocenters. The molecule has 1 spiro atoms. The van der Waals surface area contributed by atoms with Gasteiger partial charge >= 0.3 is 12.1 Å². The molecule has 1 aromatic heterocycles. The first kappa shape index (κ1) is 27.5. The summed E-state index contributed by atoms with van der Waals surface area (Å²) < 4.78 is 57.4. The average Bonchev–Trinajstić information content (AvgIpc) is 2.83. The third-order valence-corrected chi connectivity index (χ3v) is 5.78. The fraction of sp³-hybridized carbons (Fsp3) is 0.455. The van der Waals surface area contributed by atoms with E-state index < -0.39 is 18.0 Å². The van der Waals surface area contributed by atoms with Crippen LogP contribution >= 0.6 is 11.6 Å². The molecule has 0 aliphatic carbocycles. The molecule has 194 valence electrons. The van der Waals surface area contributed by atoms with E-state index >= 15 is 0 Å². The first-order chi connectivity index (χ1) is 17.0. The summed E-state index contributed by atoms with van der Waals surface area (Å²) >= 11 is 5.79. The van der Waals surface area contributed by atoms with Gasteiger partial charge in [-0.2, -0.15) is 18.4 Å². The lowest BCUT2D eigenvalue weighted by molar-refractivity contribution is -0.239. The predicted molar refractivity (Wildman–Crippen MR) is 119 cm³/mol. The molecule has 0 amide bonds. The van der Waals surface area contributed by atoms with Crippen LogP contribution in [-0.2, 0) is 20.8 Å². The molecule has 2 N–H and O–H groups in total. The normalized spacial score (nSPS) is 16.9. The van der Waals surface area contributed by atoms with Gasteiger partial charge in [-0.25, -0.2) is 9.18 Å². The molecule has 36 heavy (non-hydrogen) atoms. The van der Waals surface area contributed by atoms with Crippen molar-refractivity contribution in [1.29, 1.82) is 5.26 Å². The first-order valence-corrected chi connectivity index (χ1v) is 11.1. The maximum atomic E-state index is 13.9. The minimum Gasteiger partial charge on any atom is -0.475 e. The molecule has 14 heteroatoms. The SMILES string of the molecule is N#Cc1ccc(N(CCC2OCC3(CNC3)CO2)Cc2ccc(Cl)c(F)c2)nn1.O=C(O)C(F)(F)F. The number of carboxylic acids is 1. The summed E-state index contributed by atoms with van der Waals surface area (Å²) in [6, 6.07) is 10.0. The number of anilines is 1. The number of rotatable bonds is 6. The van der Waals surface area contributed by atoms with Crippen LogP contribution in [0.1, 0.15) is 17.7 Å². The van der Waals surface area contributed by atoms with E-state index in [1.807, 2.05) is 11.0 Å². The highest BCUT2D eigenvalue weighted by Crippen LogP contribution is 2.29. The van der Waals surface area contributed by atoms with Gasteiger partial charge in [0.2, 0.25) is 0 Å². The van der Waals surface area contributed by atoms with Crippen LogP contribution in [0.5, 0.6) is 0 Å². The number of carboxylic acid groups (broad SMARTS) is 1. The van der Waals surface area contributed by atoms with Gasteiger partial charge in [0.05, 0.1) is 18.2 Å². The van der Waals surface area contributed by atoms with E-state index in [-0.39, 0.29) is 22.4 Å². The van der Waals surface area contributed by atoms with Crippen molar-refractivity contribution in [3.63, 3.8) is 0 Å². The second kappa shape index (κ2) is 11.8. The average molecular weight is 532 g/mol. The molecule has 2 saturated heterocycles. The largest absolute Gasteiger partial charge is 0.490 e. The maximum absolute atomic E-state index is 13.9. The van der Waals surface area contributed by atoms with E-state index in [0.717, 1.165) is 18.7 Å². The molecule has 0 atom stereocenters. The molecule has 2 fully saturated rings. The molecule has 0 saturated carbocycles. The van der Waals surface area contributed by atoms with Crippen LogP contribution in [0.15, 0.2) is 30.3 Å². The van der Waals surface area contributed by atoms with E-state index in [1.165, 1.54) is 12.1 Å². The smallest absolute Gasteiger partial charge is 0.475 e. The summed E-state index contributed by atoms with van der Waals surface area (Å²) in [5.74, 6) is -2.63. The van der Waals surface area contributed by atoms with Crippen LogP contribution in [0.2, 0.25) is 5.02 Å². The Morgan fingerprint density at radius 1 is 1.25 bits per heavy atom. The lowest BCUT2D eigenvalue weighted by Crippen LogP contribution is -2.61. The Kier molecular flexibility index (Phi) is 9.02. The van der Waals surface area contributed by atoms with Gasteiger partial charge in [-0.3, -0.25) is 0 Å². The quantitative estimate of drug-likeness (QED) is 0.541. The molecule has 4 rings (SSSR count). The molecule has 2 aliphatic rings. The van der Waals surface area contributed by atoms with Crippen molar-refractivity contribution in [2.75, 3.05) is 37.7 Å². The van der Waals surface area contributed by atoms with Crippen LogP contribution in [0, 0.1) is 22.6 Å². The number of aromatic nitrogens is 2. The second-order valence-corrected chi connectivity index (χ2v) is 8.71. The summed E-state index contributed by atoms with van der Waals surface area (Å²) in [4.78, 5) is 10.9. The van der Waals surface area contributed by atoms with E-state index in [1.54, 1.807) is 18.2 Å². The van der Waals surface area contributed by atoms with Crippen molar-refractivity contribution in [3.8, 4) is 6.07 Å². The Bertz CT molecular complexity index is 1080. The highest BCUT2D eigenvalue weighted by atomic mass is 35.5. The lowest BCUT2D eigenvalue weighted by Gasteiger charge is -2.46. The topological polar surface area (TPSA) is 121 Å². The van der Waals surface area contributed by atoms with Crippen molar-refractivity contribution in [2.24, 2.45) is 5.41 Å². The minimum atomic E-state index is -5.08. The molecule has 1 aromatic carbocycles. The summed E-state index contributed by atoms with van der Waals surface area (Å²) in [7, 11) is 0. The number of halogens is 5. The van der Waals surface area contributed by atoms with Crippen LogP contribution in [0.4, 0.5) is 23.4 Å². The van der Waals surface area contributed by atoms with Crippen molar-refractivity contribution in [3.05, 3.63) is 52.4 Å². The number of hydrogen-bond donors (Lipinski definition) is 2. The number of carbonyl (C=O) groups is 1. The standard InChI is InChI=1S/C20H21ClFN5O2.C2HF3O2/c21-16-3-1-14(7-17(16)22)9-27(18-4-2-15(8-23)25-26-18)6-5-19-28-12-20(13-29-19)10-24-11-20;3-2(4,5)1(6)7/h1-4,7,19,24H,5-6,9-13H2;(H,6,7). The number of nitrogens with zero attached hydrogens (tertiary/aromatic N) is 4. The second-order valence-electron chi connectivity index (χ2n) is 8.31. The van der Waals surface area contributed by atoms with Crippen LogP contribution in [0.25, 0.3) is 0 Å². The number of nitrogens with one attached hydrogen (secondary N) is 1. The molecule has 3 heterocycles. The summed E-state index contributed by atoms with van der Waals surface area (Å²) in [5.41, 5.74) is 1.11. The minimum absolute atomic E-state index is 0.0851. The lowest BCUT2D eigenvalue weighted by atomic mass is 9.83. The zero-order valence-corrected chi connectivity index (χ0v) is 19.5. The summed E-state index contributed by atoms with van der Waals surface area (Å²) in [6.07, 6.45) is -4.75. The van der Waals surface area contributed by atoms with E-state index in [9.17, 15) is 17.6 Å². The van der Waals surface area contributed by atoms with Crippen molar-refractivity contribution >= 4 is 23.4 Å². The highest BCUT2D eigenvalue weighted by Gasteiger charge is 2.42. The molecule has 0 bridgehead atoms. The van der Waals surface area contributed by atoms with Gasteiger partial charge in [-0.1, -0.05) is 17.7 Å². The van der Waals surface area contributed by atoms with Gasteiger partial charge in [0, 0.05) is 38.0 Å². The number of hydrogen-bond acceptors (Lipinski definition) is 8. The number of alkyl halides is 3. The van der Waals surface area contributed by atoms with Crippen LogP contribution in [0.3, 0.4) is 0 Å². The Morgan fingerprint density at radius 3 is 2.39 bits per heavy atom. The fourth-order valence-electron chi connectivity index (χ4n) is 3.43. The fourth-order valence-corrected chi connectivity index (χ4v) is 3.54. The number of benzene rings is 1. The van der Waals surface area contributed by atoms with Crippen molar-refractivity contribution < 1.29 is 36.9 Å². The zero-order chi connectivity index (χ0) is 26.3. The van der Waals surface area contributed by atoms with E-state index in [4.69, 9.17) is 36.2 Å². The van der Waals surface area contributed by atoms with Gasteiger partial charge in [-0.05, 0) is 29.8 Å². The van der Waals surface area contributed by atoms with Gasteiger partial charge in [0.1, 0.15) is 11.9 Å². The molecule has 2 aliphatic heterocycles. The first-order valence-electron chi connectivity index (χ1n) is 10.7. The highest BCUT2D eigenvalue weighted by molar-refractivity contribution is 6.30. The predicted octanol–water partition coefficient (Wildman–Crippen LogP) is 3.13. The Balaban J connectivity index is 0.000000454. The van der Waals surface area contributed by atoms with Crippen LogP contribution < -0.4 is 10.2 Å². The third kappa shape index (κ3) is 7.47. The molecular weight excluding hydrogens is 510 g/mol. The summed E-state index contributed by atoms with van der Waals surface area (Å²) in [5, 5.41) is 27.5. The summed E-state index contributed by atoms with van der Waals surface area (Å²) in [6.45, 7) is 4.20. The molecule has 2 aromatic rings. The molecule has 9 nitrogen and oxygen atoms in total. The molecule has 0 radical (unpaired) electrons. The third-order valence-electron chi connectivity index (χ3n) is 5.47. The Morgan fingerprint density at radius 2 is 1.92 bits per heavy atom. The van der Waals surface area contributed by atoms with Gasteiger partial charge in [-0.15, -0.1) is 10.2 Å². The Hall–Kier alpha value is -3.05. The maximum Gasteiger partial charge on any atom is 0.490 e. The van der Waals surface area contributed by atoms with Crippen molar-refractivity contribution in [2.45, 2.75) is 25.4 Å². The van der Waals surface area contributed by atoms with Gasteiger partial charge in [0.25, 0.3) is 0 Å². The van der Waals surface area contributed by atoms with E-state index in [0.29, 0.717) is 38.5 Å².